The first-order valence-corrected chi connectivity index (χ1v) is 28.0. The Kier molecular flexibility index (Phi) is 10.2. The molecule has 3 aliphatic rings. The van der Waals surface area contributed by atoms with Crippen LogP contribution in [0.5, 0.6) is 0 Å². The zero-order chi connectivity index (χ0) is 53.1. The average Bonchev–Trinajstić information content (AvgIpc) is 4.09. The molecule has 2 nitrogen and oxygen atoms in total. The third-order valence-electron chi connectivity index (χ3n) is 17.8. The standard InChI is InChI=1S/C78H54N2/c1-77(2)69-33-13-11-30-63(69)65-44-43-61(49-71(65)77)80-74-46-39-56(48-68(74)67-32-16-21-53-22-18-36-75(80)76(53)67)55-24-15-23-54(47-55)51-37-40-59(41-38-51)79(73-35-17-20-52-19-9-10-29-62(52)73)60-42-45-66-64-31-12-14-34-70(64)78(72(66)50-60,57-25-5-3-6-26-57)58-27-7-4-8-28-58/h3-50H,1-2H3. The van der Waals surface area contributed by atoms with Crippen LogP contribution >= 0.6 is 0 Å². The second kappa shape index (κ2) is 17.8. The first-order valence-electron chi connectivity index (χ1n) is 28.0. The van der Waals surface area contributed by atoms with E-state index in [1.165, 1.54) is 122 Å². The molecule has 16 rings (SSSR count). The van der Waals surface area contributed by atoms with Crippen LogP contribution in [0.1, 0.15) is 47.2 Å². The van der Waals surface area contributed by atoms with Crippen LogP contribution in [-0.2, 0) is 10.8 Å². The highest BCUT2D eigenvalue weighted by Crippen LogP contribution is 2.59. The second-order valence-corrected chi connectivity index (χ2v) is 22.4. The maximum Gasteiger partial charge on any atom is 0.0714 e. The van der Waals surface area contributed by atoms with E-state index in [9.17, 15) is 0 Å². The number of rotatable bonds is 8. The Morgan fingerprint density at radius 3 is 1.65 bits per heavy atom. The van der Waals surface area contributed by atoms with Gasteiger partial charge < -0.3 is 9.80 Å². The van der Waals surface area contributed by atoms with E-state index in [2.05, 4.69) is 315 Å². The first-order chi connectivity index (χ1) is 39.4. The van der Waals surface area contributed by atoms with Gasteiger partial charge in [-0.15, -0.1) is 0 Å². The Balaban J connectivity index is 0.798. The molecule has 13 aromatic rings. The molecule has 0 atom stereocenters. The summed E-state index contributed by atoms with van der Waals surface area (Å²) in [5, 5.41) is 4.93. The summed E-state index contributed by atoms with van der Waals surface area (Å²) in [6, 6.07) is 109. The van der Waals surface area contributed by atoms with Gasteiger partial charge in [0, 0.05) is 38.8 Å². The van der Waals surface area contributed by atoms with Crippen LogP contribution in [0.4, 0.5) is 34.1 Å². The predicted octanol–water partition coefficient (Wildman–Crippen LogP) is 20.9. The van der Waals surface area contributed by atoms with E-state index >= 15 is 0 Å². The summed E-state index contributed by atoms with van der Waals surface area (Å²) in [7, 11) is 0. The summed E-state index contributed by atoms with van der Waals surface area (Å²) in [5.74, 6) is 0. The van der Waals surface area contributed by atoms with Crippen LogP contribution in [-0.4, -0.2) is 0 Å². The van der Waals surface area contributed by atoms with Crippen molar-refractivity contribution in [2.75, 3.05) is 9.80 Å². The minimum atomic E-state index is -0.522. The lowest BCUT2D eigenvalue weighted by atomic mass is 9.67. The third-order valence-corrected chi connectivity index (χ3v) is 17.8. The van der Waals surface area contributed by atoms with E-state index in [0.717, 1.165) is 22.6 Å². The quantitative estimate of drug-likeness (QED) is 0.150. The van der Waals surface area contributed by atoms with Crippen molar-refractivity contribution in [1.29, 1.82) is 0 Å². The van der Waals surface area contributed by atoms with Crippen molar-refractivity contribution in [3.8, 4) is 55.6 Å². The zero-order valence-electron chi connectivity index (χ0n) is 44.6. The van der Waals surface area contributed by atoms with Crippen LogP contribution < -0.4 is 9.80 Å². The van der Waals surface area contributed by atoms with Crippen molar-refractivity contribution in [1.82, 2.24) is 0 Å². The van der Waals surface area contributed by atoms with E-state index in [1.54, 1.807) is 0 Å². The van der Waals surface area contributed by atoms with E-state index < -0.39 is 5.41 Å². The van der Waals surface area contributed by atoms with Crippen LogP contribution in [0.2, 0.25) is 0 Å². The fourth-order valence-corrected chi connectivity index (χ4v) is 14.2. The molecule has 2 aliphatic carbocycles. The summed E-state index contributed by atoms with van der Waals surface area (Å²) in [4.78, 5) is 4.96. The highest BCUT2D eigenvalue weighted by Gasteiger charge is 2.46. The highest BCUT2D eigenvalue weighted by atomic mass is 15.2. The Bertz CT molecular complexity index is 4580. The van der Waals surface area contributed by atoms with Gasteiger partial charge in [0.15, 0.2) is 0 Å². The molecule has 0 unspecified atom stereocenters. The fourth-order valence-electron chi connectivity index (χ4n) is 14.2. The molecular formula is C78H54N2. The van der Waals surface area contributed by atoms with Crippen molar-refractivity contribution in [3.05, 3.63) is 325 Å². The molecule has 0 fully saturated rings. The van der Waals surface area contributed by atoms with Gasteiger partial charge in [0.05, 0.1) is 22.5 Å². The minimum absolute atomic E-state index is 0.106. The molecule has 0 spiro atoms. The van der Waals surface area contributed by atoms with Crippen molar-refractivity contribution in [3.63, 3.8) is 0 Å². The summed E-state index contributed by atoms with van der Waals surface area (Å²) >= 11 is 0. The van der Waals surface area contributed by atoms with Crippen LogP contribution in [0.3, 0.4) is 0 Å². The number of nitrogens with zero attached hydrogens (tertiary/aromatic N) is 2. The lowest BCUT2D eigenvalue weighted by Crippen LogP contribution is -2.28. The molecular weight excluding hydrogens is 965 g/mol. The van der Waals surface area contributed by atoms with Gasteiger partial charge in [-0.25, -0.2) is 0 Å². The molecule has 1 aliphatic heterocycles. The topological polar surface area (TPSA) is 6.48 Å². The Hall–Kier alpha value is -10.0. The lowest BCUT2D eigenvalue weighted by molar-refractivity contribution is 0.660. The monoisotopic (exact) mass is 1020 g/mol. The molecule has 0 bridgehead atoms. The van der Waals surface area contributed by atoms with Gasteiger partial charge in [-0.3, -0.25) is 0 Å². The summed E-state index contributed by atoms with van der Waals surface area (Å²) < 4.78 is 0. The van der Waals surface area contributed by atoms with Crippen molar-refractivity contribution in [2.45, 2.75) is 24.7 Å². The number of hydrogen-bond donors (Lipinski definition) is 0. The van der Waals surface area contributed by atoms with Gasteiger partial charge in [0.1, 0.15) is 0 Å². The van der Waals surface area contributed by atoms with Gasteiger partial charge in [0.2, 0.25) is 0 Å². The molecule has 0 amide bonds. The van der Waals surface area contributed by atoms with Gasteiger partial charge in [-0.2, -0.15) is 0 Å². The lowest BCUT2D eigenvalue weighted by Gasteiger charge is -2.35. The van der Waals surface area contributed by atoms with Gasteiger partial charge in [-0.1, -0.05) is 238 Å². The summed E-state index contributed by atoms with van der Waals surface area (Å²) in [6.45, 7) is 4.74. The second-order valence-electron chi connectivity index (χ2n) is 22.4. The summed E-state index contributed by atoms with van der Waals surface area (Å²) in [5.41, 5.74) is 26.5. The molecule has 0 radical (unpaired) electrons. The maximum atomic E-state index is 2.50. The molecule has 376 valence electrons. The SMILES string of the molecule is CC1(C)c2ccccc2-c2ccc(N3c4ccc(-c5cccc(-c6ccc(N(c7ccc8c(c7)C(c7ccccc7)(c7ccccc7)c7ccccc7-8)c7cccc8ccccc78)cc6)c5)cc4-c4cccc5cccc3c45)cc21. The molecule has 0 saturated carbocycles. The smallest absolute Gasteiger partial charge is 0.0714 e. The Morgan fingerprint density at radius 2 is 0.863 bits per heavy atom. The normalized spacial score (nSPS) is 13.8. The van der Waals surface area contributed by atoms with E-state index in [4.69, 9.17) is 0 Å². The Morgan fingerprint density at radius 1 is 0.312 bits per heavy atom. The third kappa shape index (κ3) is 6.79. The highest BCUT2D eigenvalue weighted by molar-refractivity contribution is 6.14. The van der Waals surface area contributed by atoms with Crippen LogP contribution in [0, 0.1) is 0 Å². The Labute approximate surface area is 467 Å². The molecule has 0 aromatic heterocycles. The van der Waals surface area contributed by atoms with Crippen molar-refractivity contribution >= 4 is 55.7 Å². The summed E-state index contributed by atoms with van der Waals surface area (Å²) in [6.07, 6.45) is 0. The number of benzene rings is 13. The van der Waals surface area contributed by atoms with Crippen molar-refractivity contribution < 1.29 is 0 Å². The molecule has 0 N–H and O–H groups in total. The largest absolute Gasteiger partial charge is 0.310 e. The van der Waals surface area contributed by atoms with Crippen molar-refractivity contribution in [2.24, 2.45) is 0 Å². The van der Waals surface area contributed by atoms with Gasteiger partial charge in [-0.05, 0) is 161 Å². The van der Waals surface area contributed by atoms with E-state index in [-0.39, 0.29) is 5.41 Å². The van der Waals surface area contributed by atoms with E-state index in [0.29, 0.717) is 0 Å². The average molecular weight is 1020 g/mol. The van der Waals surface area contributed by atoms with Gasteiger partial charge >= 0.3 is 0 Å². The number of anilines is 6. The molecule has 1 heterocycles. The number of fused-ring (bicyclic) bond motifs is 9. The molecule has 2 heteroatoms. The maximum absolute atomic E-state index is 2.50. The fraction of sp³-hybridized carbons (Fsp3) is 0.0513. The molecule has 0 saturated heterocycles. The van der Waals surface area contributed by atoms with E-state index in [1.807, 2.05) is 0 Å². The van der Waals surface area contributed by atoms with Gasteiger partial charge in [0.25, 0.3) is 0 Å². The zero-order valence-corrected chi connectivity index (χ0v) is 44.6. The minimum Gasteiger partial charge on any atom is -0.310 e. The number of hydrogen-bond acceptors (Lipinski definition) is 2. The van der Waals surface area contributed by atoms with Crippen LogP contribution in [0.25, 0.3) is 77.2 Å². The van der Waals surface area contributed by atoms with Crippen LogP contribution in [0.15, 0.2) is 291 Å². The molecule has 13 aromatic carbocycles. The molecule has 80 heavy (non-hydrogen) atoms. The predicted molar refractivity (Wildman–Crippen MR) is 336 cm³/mol. The first kappa shape index (κ1) is 46.1.